The van der Waals surface area contributed by atoms with Gasteiger partial charge in [0.15, 0.2) is 0 Å². The first-order chi connectivity index (χ1) is 8.74. The Labute approximate surface area is 106 Å². The maximum Gasteiger partial charge on any atom is 0.121 e. The van der Waals surface area contributed by atoms with E-state index in [0.717, 1.165) is 41.1 Å². The summed E-state index contributed by atoms with van der Waals surface area (Å²) in [6.45, 7) is 0. The molecule has 6 aliphatic rings. The van der Waals surface area contributed by atoms with Crippen molar-refractivity contribution in [1.82, 2.24) is 0 Å². The molecule has 0 radical (unpaired) electrons. The smallest absolute Gasteiger partial charge is 0.121 e. The molecule has 0 aliphatic heterocycles. The van der Waals surface area contributed by atoms with Crippen molar-refractivity contribution >= 4 is 0 Å². The molecular weight excluding hydrogens is 224 g/mol. The van der Waals surface area contributed by atoms with Crippen molar-refractivity contribution in [1.29, 1.82) is 0 Å². The van der Waals surface area contributed by atoms with Crippen LogP contribution in [-0.2, 0) is 5.60 Å². The van der Waals surface area contributed by atoms with Gasteiger partial charge in [-0.15, -0.1) is 0 Å². The molecule has 7 rings (SSSR count). The van der Waals surface area contributed by atoms with Gasteiger partial charge < -0.3 is 10.2 Å². The number of hydrogen-bond donors (Lipinski definition) is 2. The topological polar surface area (TPSA) is 40.5 Å². The highest BCUT2D eigenvalue weighted by Crippen LogP contribution is 2.92. The maximum absolute atomic E-state index is 11.3. The van der Waals surface area contributed by atoms with Gasteiger partial charge in [-0.2, -0.15) is 0 Å². The SMILES string of the molecule is Oc1ccccc1C1(O)C2[C@H]3C4CC5[C@@H]3C1[C@H]5[C@H]42. The van der Waals surface area contributed by atoms with Crippen molar-refractivity contribution in [2.45, 2.75) is 12.0 Å². The van der Waals surface area contributed by atoms with Crippen LogP contribution < -0.4 is 0 Å². The summed E-state index contributed by atoms with van der Waals surface area (Å²) in [6.07, 6.45) is 1.45. The molecule has 1 aromatic carbocycles. The van der Waals surface area contributed by atoms with Crippen LogP contribution in [0.3, 0.4) is 0 Å². The van der Waals surface area contributed by atoms with Gasteiger partial charge in [0.25, 0.3) is 0 Å². The average Bonchev–Trinajstić information content (AvgIpc) is 2.86. The van der Waals surface area contributed by atoms with Gasteiger partial charge in [0, 0.05) is 5.56 Å². The minimum Gasteiger partial charge on any atom is -0.508 e. The van der Waals surface area contributed by atoms with E-state index >= 15 is 0 Å². The van der Waals surface area contributed by atoms with Crippen molar-refractivity contribution in [2.75, 3.05) is 0 Å². The lowest BCUT2D eigenvalue weighted by Crippen LogP contribution is -2.56. The summed E-state index contributed by atoms with van der Waals surface area (Å²) in [6, 6.07) is 7.46. The molecular formula is C16H16O2. The van der Waals surface area contributed by atoms with Crippen molar-refractivity contribution in [3.05, 3.63) is 29.8 Å². The molecule has 0 spiro atoms. The van der Waals surface area contributed by atoms with Crippen LogP contribution >= 0.6 is 0 Å². The Morgan fingerprint density at radius 2 is 1.50 bits per heavy atom. The van der Waals surface area contributed by atoms with Crippen LogP contribution in [0.2, 0.25) is 0 Å². The molecule has 2 N–H and O–H groups in total. The van der Waals surface area contributed by atoms with Crippen molar-refractivity contribution in [3.63, 3.8) is 0 Å². The highest BCUT2D eigenvalue weighted by atomic mass is 16.3. The number of phenols is 1. The highest BCUT2D eigenvalue weighted by Gasteiger charge is 2.91. The van der Waals surface area contributed by atoms with Crippen molar-refractivity contribution in [2.24, 2.45) is 47.3 Å². The molecule has 92 valence electrons. The molecule has 6 fully saturated rings. The van der Waals surface area contributed by atoms with Crippen LogP contribution in [0, 0.1) is 47.3 Å². The Balaban J connectivity index is 1.59. The molecule has 5 unspecified atom stereocenters. The molecule has 2 heteroatoms. The normalized spacial score (nSPS) is 64.1. The largest absolute Gasteiger partial charge is 0.508 e. The molecule has 4 bridgehead atoms. The summed E-state index contributed by atoms with van der Waals surface area (Å²) < 4.78 is 0. The maximum atomic E-state index is 11.3. The second kappa shape index (κ2) is 2.24. The molecule has 0 aromatic heterocycles. The van der Waals surface area contributed by atoms with Gasteiger partial charge in [-0.3, -0.25) is 0 Å². The van der Waals surface area contributed by atoms with E-state index in [4.69, 9.17) is 0 Å². The molecule has 1 aromatic rings. The minimum absolute atomic E-state index is 0.297. The highest BCUT2D eigenvalue weighted by molar-refractivity contribution is 5.47. The number of rotatable bonds is 1. The van der Waals surface area contributed by atoms with Gasteiger partial charge in [-0.05, 0) is 59.8 Å². The first kappa shape index (κ1) is 8.98. The zero-order valence-corrected chi connectivity index (χ0v) is 10.0. The van der Waals surface area contributed by atoms with E-state index in [9.17, 15) is 10.2 Å². The van der Waals surface area contributed by atoms with E-state index in [1.807, 2.05) is 18.2 Å². The van der Waals surface area contributed by atoms with Crippen molar-refractivity contribution in [3.8, 4) is 5.75 Å². The fourth-order valence-corrected chi connectivity index (χ4v) is 7.41. The monoisotopic (exact) mass is 240 g/mol. The zero-order chi connectivity index (χ0) is 11.8. The van der Waals surface area contributed by atoms with Crippen molar-refractivity contribution < 1.29 is 10.2 Å². The lowest BCUT2D eigenvalue weighted by Gasteiger charge is -2.58. The Kier molecular flexibility index (Phi) is 1.12. The molecule has 6 saturated carbocycles. The Morgan fingerprint density at radius 1 is 0.944 bits per heavy atom. The average molecular weight is 240 g/mol. The summed E-state index contributed by atoms with van der Waals surface area (Å²) >= 11 is 0. The predicted octanol–water partition coefficient (Wildman–Crippen LogP) is 1.97. The van der Waals surface area contributed by atoms with Crippen LogP contribution in [0.1, 0.15) is 12.0 Å². The van der Waals surface area contributed by atoms with E-state index < -0.39 is 5.60 Å². The number of para-hydroxylation sites is 1. The van der Waals surface area contributed by atoms with Gasteiger partial charge in [0.1, 0.15) is 5.75 Å². The standard InChI is InChI=1S/C16H16O2/c17-9-4-2-1-3-8(9)16(18)14-10-6-5-7-12(10)15(16)13(7)11(6)14/h1-4,6-7,10-15,17-18H,5H2/t6?,7?,10-,11-,12-,13+,14?,15?,16?/m0/s1. The summed E-state index contributed by atoms with van der Waals surface area (Å²) in [5.74, 6) is 6.27. The fraction of sp³-hybridized carbons (Fsp3) is 0.625. The summed E-state index contributed by atoms with van der Waals surface area (Å²) in [5, 5.41) is 21.4. The predicted molar refractivity (Wildman–Crippen MR) is 64.5 cm³/mol. The third-order valence-electron chi connectivity index (χ3n) is 7.42. The Hall–Kier alpha value is -1.02. The fourth-order valence-electron chi connectivity index (χ4n) is 7.41. The Morgan fingerprint density at radius 3 is 2.06 bits per heavy atom. The van der Waals surface area contributed by atoms with Crippen LogP contribution in [0.25, 0.3) is 0 Å². The summed E-state index contributed by atoms with van der Waals surface area (Å²) in [4.78, 5) is 0. The summed E-state index contributed by atoms with van der Waals surface area (Å²) in [7, 11) is 0. The first-order valence-electron chi connectivity index (χ1n) is 7.25. The van der Waals surface area contributed by atoms with Crippen LogP contribution in [0.5, 0.6) is 5.75 Å². The van der Waals surface area contributed by atoms with E-state index in [-0.39, 0.29) is 0 Å². The number of aromatic hydroxyl groups is 1. The number of hydrogen-bond acceptors (Lipinski definition) is 2. The molecule has 0 saturated heterocycles. The molecule has 2 nitrogen and oxygen atoms in total. The van der Waals surface area contributed by atoms with Gasteiger partial charge >= 0.3 is 0 Å². The van der Waals surface area contributed by atoms with Crippen LogP contribution in [0.15, 0.2) is 24.3 Å². The second-order valence-corrected chi connectivity index (χ2v) is 7.27. The molecule has 0 amide bonds. The van der Waals surface area contributed by atoms with Gasteiger partial charge in [-0.1, -0.05) is 18.2 Å². The lowest BCUT2D eigenvalue weighted by atomic mass is 9.45. The molecule has 18 heavy (non-hydrogen) atoms. The Bertz CT molecular complexity index is 549. The first-order valence-corrected chi connectivity index (χ1v) is 7.25. The summed E-state index contributed by atoms with van der Waals surface area (Å²) in [5.41, 5.74) is 0.127. The number of aliphatic hydroxyl groups is 1. The quantitative estimate of drug-likeness (QED) is 0.788. The van der Waals surface area contributed by atoms with Crippen LogP contribution in [-0.4, -0.2) is 10.2 Å². The minimum atomic E-state index is -0.691. The zero-order valence-electron chi connectivity index (χ0n) is 10.0. The number of benzene rings is 1. The van der Waals surface area contributed by atoms with E-state index in [1.54, 1.807) is 6.07 Å². The van der Waals surface area contributed by atoms with E-state index in [1.165, 1.54) is 6.42 Å². The molecule has 9 atom stereocenters. The third-order valence-corrected chi connectivity index (χ3v) is 7.42. The lowest BCUT2D eigenvalue weighted by molar-refractivity contribution is -0.127. The van der Waals surface area contributed by atoms with Gasteiger partial charge in [-0.25, -0.2) is 0 Å². The van der Waals surface area contributed by atoms with Gasteiger partial charge in [0.2, 0.25) is 0 Å². The molecule has 6 aliphatic carbocycles. The van der Waals surface area contributed by atoms with Gasteiger partial charge in [0.05, 0.1) is 5.60 Å². The number of phenolic OH excluding ortho intramolecular Hbond substituents is 1. The van der Waals surface area contributed by atoms with E-state index in [2.05, 4.69) is 0 Å². The van der Waals surface area contributed by atoms with E-state index in [0.29, 0.717) is 17.6 Å². The third kappa shape index (κ3) is 0.565. The second-order valence-electron chi connectivity index (χ2n) is 7.27. The molecule has 0 heterocycles. The van der Waals surface area contributed by atoms with Crippen LogP contribution in [0.4, 0.5) is 0 Å².